The number of carbonyl (C=O) groups excluding carboxylic acids is 1. The molecule has 0 aliphatic heterocycles. The maximum Gasteiger partial charge on any atom is 0.326 e. The summed E-state index contributed by atoms with van der Waals surface area (Å²) in [4.78, 5) is 33.8. The van der Waals surface area contributed by atoms with E-state index in [9.17, 15) is 14.7 Å². The van der Waals surface area contributed by atoms with Crippen molar-refractivity contribution in [3.63, 3.8) is 0 Å². The first kappa shape index (κ1) is 28.7. The van der Waals surface area contributed by atoms with Crippen LogP contribution in [0.2, 0.25) is 0 Å². The van der Waals surface area contributed by atoms with E-state index in [4.69, 9.17) is 0 Å². The van der Waals surface area contributed by atoms with E-state index in [0.29, 0.717) is 11.4 Å². The Hall–Kier alpha value is -4.32. The van der Waals surface area contributed by atoms with Crippen LogP contribution in [0.1, 0.15) is 68.6 Å². The summed E-state index contributed by atoms with van der Waals surface area (Å²) in [5.41, 5.74) is 6.48. The largest absolute Gasteiger partial charge is 0.480 e. The lowest BCUT2D eigenvalue weighted by Gasteiger charge is -2.19. The number of benzene rings is 3. The third kappa shape index (κ3) is 7.00. The number of carboxylic acids is 1. The van der Waals surface area contributed by atoms with E-state index in [1.165, 1.54) is 5.56 Å². The predicted molar refractivity (Wildman–Crippen MR) is 159 cm³/mol. The molecule has 2 N–H and O–H groups in total. The highest BCUT2D eigenvalue weighted by atomic mass is 16.4. The molecule has 206 valence electrons. The highest BCUT2D eigenvalue weighted by Gasteiger charge is 2.22. The van der Waals surface area contributed by atoms with Crippen molar-refractivity contribution >= 4 is 11.9 Å². The van der Waals surface area contributed by atoms with Crippen molar-refractivity contribution in [1.82, 2.24) is 15.3 Å². The molecule has 6 nitrogen and oxygen atoms in total. The summed E-state index contributed by atoms with van der Waals surface area (Å²) in [5, 5.41) is 12.4. The number of rotatable bonds is 7. The normalized spacial score (nSPS) is 12.6. The van der Waals surface area contributed by atoms with Gasteiger partial charge in [-0.25, -0.2) is 14.8 Å². The minimum absolute atomic E-state index is 0.0315. The second kappa shape index (κ2) is 11.4. The number of hydrogen-bond donors (Lipinski definition) is 2. The molecule has 0 radical (unpaired) electrons. The molecular formula is C34H37N3O3. The lowest BCUT2D eigenvalue weighted by Crippen LogP contribution is -2.42. The molecule has 0 saturated heterocycles. The van der Waals surface area contributed by atoms with Gasteiger partial charge in [0.1, 0.15) is 6.04 Å². The summed E-state index contributed by atoms with van der Waals surface area (Å²) in [6.45, 7) is 12.9. The summed E-state index contributed by atoms with van der Waals surface area (Å²) in [6.07, 6.45) is 3.78. The Balaban J connectivity index is 1.41. The Morgan fingerprint density at radius 2 is 1.18 bits per heavy atom. The number of nitrogens with zero attached hydrogens (tertiary/aromatic N) is 2. The van der Waals surface area contributed by atoms with Gasteiger partial charge in [0, 0.05) is 35.5 Å². The highest BCUT2D eigenvalue weighted by Crippen LogP contribution is 2.26. The van der Waals surface area contributed by atoms with Crippen LogP contribution < -0.4 is 5.32 Å². The lowest BCUT2D eigenvalue weighted by atomic mass is 9.86. The van der Waals surface area contributed by atoms with Crippen molar-refractivity contribution in [1.29, 1.82) is 0 Å². The molecule has 4 rings (SSSR count). The zero-order valence-electron chi connectivity index (χ0n) is 24.0. The molecule has 1 aromatic heterocycles. The topological polar surface area (TPSA) is 92.2 Å². The summed E-state index contributed by atoms with van der Waals surface area (Å²) in [7, 11) is 0. The molecule has 1 heterocycles. The van der Waals surface area contributed by atoms with Crippen molar-refractivity contribution in [3.8, 4) is 22.5 Å². The van der Waals surface area contributed by atoms with Crippen LogP contribution >= 0.6 is 0 Å². The zero-order chi connectivity index (χ0) is 29.1. The molecule has 0 spiro atoms. The Labute approximate surface area is 236 Å². The van der Waals surface area contributed by atoms with Crippen molar-refractivity contribution in [2.45, 2.75) is 64.8 Å². The Morgan fingerprint density at radius 1 is 0.700 bits per heavy atom. The summed E-state index contributed by atoms with van der Waals surface area (Å²) in [5.74, 6) is -0.910. The van der Waals surface area contributed by atoms with Gasteiger partial charge in [0.15, 0.2) is 5.82 Å². The Bertz CT molecular complexity index is 1460. The first-order valence-electron chi connectivity index (χ1n) is 13.5. The quantitative estimate of drug-likeness (QED) is 0.271. The van der Waals surface area contributed by atoms with E-state index in [1.54, 1.807) is 12.1 Å². The van der Waals surface area contributed by atoms with Crippen LogP contribution in [0.15, 0.2) is 85.2 Å². The summed E-state index contributed by atoms with van der Waals surface area (Å²) in [6, 6.07) is 22.1. The van der Waals surface area contributed by atoms with Gasteiger partial charge in [0.05, 0.1) is 0 Å². The van der Waals surface area contributed by atoms with Crippen molar-refractivity contribution in [2.75, 3.05) is 0 Å². The van der Waals surface area contributed by atoms with Crippen molar-refractivity contribution in [2.24, 2.45) is 0 Å². The minimum Gasteiger partial charge on any atom is -0.480 e. The predicted octanol–water partition coefficient (Wildman–Crippen LogP) is 6.83. The van der Waals surface area contributed by atoms with Crippen LogP contribution in [0.3, 0.4) is 0 Å². The fourth-order valence-electron chi connectivity index (χ4n) is 4.38. The molecule has 0 saturated carbocycles. The Kier molecular flexibility index (Phi) is 8.19. The fourth-order valence-corrected chi connectivity index (χ4v) is 4.38. The molecule has 1 amide bonds. The maximum absolute atomic E-state index is 12.7. The molecule has 1 atom stereocenters. The van der Waals surface area contributed by atoms with Gasteiger partial charge >= 0.3 is 5.97 Å². The van der Waals surface area contributed by atoms with Crippen molar-refractivity contribution < 1.29 is 14.7 Å². The summed E-state index contributed by atoms with van der Waals surface area (Å²) >= 11 is 0. The molecule has 40 heavy (non-hydrogen) atoms. The van der Waals surface area contributed by atoms with Crippen molar-refractivity contribution in [3.05, 3.63) is 107 Å². The van der Waals surface area contributed by atoms with Crippen LogP contribution in [0.4, 0.5) is 0 Å². The molecule has 6 heteroatoms. The molecule has 4 aromatic rings. The van der Waals surface area contributed by atoms with Gasteiger partial charge in [-0.05, 0) is 45.2 Å². The van der Waals surface area contributed by atoms with Crippen LogP contribution in [0.5, 0.6) is 0 Å². The van der Waals surface area contributed by atoms with E-state index in [0.717, 1.165) is 27.8 Å². The second-order valence-electron chi connectivity index (χ2n) is 12.2. The van der Waals surface area contributed by atoms with Gasteiger partial charge < -0.3 is 10.4 Å². The number of aromatic nitrogens is 2. The third-order valence-corrected chi connectivity index (χ3v) is 7.00. The fraction of sp³-hybridized carbons (Fsp3) is 0.294. The van der Waals surface area contributed by atoms with Gasteiger partial charge in [-0.3, -0.25) is 4.79 Å². The average Bonchev–Trinajstić information content (AvgIpc) is 2.92. The van der Waals surface area contributed by atoms with Crippen LogP contribution in [-0.2, 0) is 22.0 Å². The SMILES string of the molecule is CC(C)(C)c1ccc(C(=O)NC(Cc2ccc(-c3ncc(-c4ccc(C(C)(C)C)cc4)cn3)cc2)C(=O)O)cc1. The average molecular weight is 536 g/mol. The first-order valence-corrected chi connectivity index (χ1v) is 13.5. The number of carbonyl (C=O) groups is 2. The van der Waals surface area contributed by atoms with Crippen LogP contribution in [-0.4, -0.2) is 33.0 Å². The van der Waals surface area contributed by atoms with Gasteiger partial charge in [-0.1, -0.05) is 102 Å². The monoisotopic (exact) mass is 535 g/mol. The van der Waals surface area contributed by atoms with Gasteiger partial charge in [0.2, 0.25) is 0 Å². The maximum atomic E-state index is 12.7. The first-order chi connectivity index (χ1) is 18.8. The van der Waals surface area contributed by atoms with E-state index >= 15 is 0 Å². The molecule has 0 bridgehead atoms. The van der Waals surface area contributed by atoms with Crippen LogP contribution in [0, 0.1) is 0 Å². The summed E-state index contributed by atoms with van der Waals surface area (Å²) < 4.78 is 0. The Morgan fingerprint density at radius 3 is 1.65 bits per heavy atom. The van der Waals surface area contributed by atoms with E-state index < -0.39 is 17.9 Å². The van der Waals surface area contributed by atoms with Gasteiger partial charge in [-0.15, -0.1) is 0 Å². The number of nitrogens with one attached hydrogen (secondary N) is 1. The second-order valence-corrected chi connectivity index (χ2v) is 12.2. The molecule has 3 aromatic carbocycles. The number of carboxylic acid groups (broad SMARTS) is 1. The van der Waals surface area contributed by atoms with E-state index in [2.05, 4.69) is 81.1 Å². The molecule has 0 aliphatic carbocycles. The van der Waals surface area contributed by atoms with E-state index in [-0.39, 0.29) is 17.3 Å². The molecule has 0 aliphatic rings. The number of aliphatic carboxylic acids is 1. The van der Waals surface area contributed by atoms with Gasteiger partial charge in [0.25, 0.3) is 5.91 Å². The zero-order valence-corrected chi connectivity index (χ0v) is 24.0. The molecule has 0 fully saturated rings. The van der Waals surface area contributed by atoms with E-state index in [1.807, 2.05) is 48.8 Å². The highest BCUT2D eigenvalue weighted by molar-refractivity contribution is 5.96. The molecule has 1 unspecified atom stereocenters. The van der Waals surface area contributed by atoms with Crippen LogP contribution in [0.25, 0.3) is 22.5 Å². The smallest absolute Gasteiger partial charge is 0.326 e. The minimum atomic E-state index is -1.09. The third-order valence-electron chi connectivity index (χ3n) is 7.00. The lowest BCUT2D eigenvalue weighted by molar-refractivity contribution is -0.139. The standard InChI is InChI=1S/C34H37N3O3/c1-33(2,3)27-15-11-23(12-16-27)26-20-35-30(36-21-26)24-9-7-22(8-10-24)19-29(32(39)40)37-31(38)25-13-17-28(18-14-25)34(4,5)6/h7-18,20-21,29H,19H2,1-6H3,(H,37,38)(H,39,40). The van der Waals surface area contributed by atoms with Gasteiger partial charge in [-0.2, -0.15) is 0 Å². The molecular weight excluding hydrogens is 498 g/mol. The number of hydrogen-bond acceptors (Lipinski definition) is 4. The number of amides is 1.